The summed E-state index contributed by atoms with van der Waals surface area (Å²) in [6, 6.07) is 13.6. The van der Waals surface area contributed by atoms with Crippen LogP contribution in [0.1, 0.15) is 5.56 Å². The molecule has 0 atom stereocenters. The predicted molar refractivity (Wildman–Crippen MR) is 84.2 cm³/mol. The molecule has 1 aromatic carbocycles. The van der Waals surface area contributed by atoms with Gasteiger partial charge in [0.25, 0.3) is 0 Å². The number of nitrogens with zero attached hydrogens (tertiary/aromatic N) is 3. The molecule has 20 heavy (non-hydrogen) atoms. The van der Waals surface area contributed by atoms with Gasteiger partial charge in [-0.25, -0.2) is 0 Å². The molecule has 0 aliphatic rings. The van der Waals surface area contributed by atoms with Crippen LogP contribution in [0.15, 0.2) is 53.0 Å². The first-order valence-electron chi connectivity index (χ1n) is 5.93. The first kappa shape index (κ1) is 13.5. The number of aromatic nitrogens is 3. The van der Waals surface area contributed by atoms with E-state index in [4.69, 9.17) is 11.6 Å². The largest absolute Gasteiger partial charge is 0.254 e. The zero-order valence-corrected chi connectivity index (χ0v) is 12.8. The molecule has 2 heterocycles. The first-order chi connectivity index (χ1) is 9.81. The minimum atomic E-state index is 0.759. The third kappa shape index (κ3) is 3.36. The highest BCUT2D eigenvalue weighted by atomic mass is 35.5. The highest BCUT2D eigenvalue weighted by Crippen LogP contribution is 2.30. The predicted octanol–water partition coefficient (Wildman–Crippen LogP) is 4.55. The molecule has 0 saturated heterocycles. The molecule has 0 radical (unpaired) electrons. The van der Waals surface area contributed by atoms with Crippen molar-refractivity contribution >= 4 is 34.7 Å². The molecule has 0 N–H and O–H groups in total. The lowest BCUT2D eigenvalue weighted by Crippen LogP contribution is -1.80. The Labute approximate surface area is 130 Å². The summed E-state index contributed by atoms with van der Waals surface area (Å²) in [7, 11) is 0. The van der Waals surface area contributed by atoms with Crippen molar-refractivity contribution in [2.45, 2.75) is 10.1 Å². The van der Waals surface area contributed by atoms with Crippen molar-refractivity contribution in [3.63, 3.8) is 0 Å². The van der Waals surface area contributed by atoms with Gasteiger partial charge in [0.15, 0.2) is 9.35 Å². The van der Waals surface area contributed by atoms with Gasteiger partial charge in [0.05, 0.1) is 0 Å². The number of halogens is 1. The van der Waals surface area contributed by atoms with Gasteiger partial charge in [-0.2, -0.15) is 0 Å². The molecule has 3 nitrogen and oxygen atoms in total. The lowest BCUT2D eigenvalue weighted by Gasteiger charge is -1.98. The van der Waals surface area contributed by atoms with E-state index in [1.807, 2.05) is 36.4 Å². The summed E-state index contributed by atoms with van der Waals surface area (Å²) in [4.78, 5) is 4.27. The molecule has 6 heteroatoms. The van der Waals surface area contributed by atoms with Crippen LogP contribution in [-0.2, 0) is 5.75 Å². The molecule has 0 aliphatic carbocycles. The fraction of sp³-hybridized carbons (Fsp3) is 0.0714. The molecule has 3 rings (SSSR count). The number of benzene rings is 1. The maximum absolute atomic E-state index is 5.97. The van der Waals surface area contributed by atoms with Crippen molar-refractivity contribution in [3.8, 4) is 10.7 Å². The molecule has 0 saturated carbocycles. The maximum atomic E-state index is 5.97. The summed E-state index contributed by atoms with van der Waals surface area (Å²) >= 11 is 9.18. The molecular formula is C14H10ClN3S2. The summed E-state index contributed by atoms with van der Waals surface area (Å²) in [6.07, 6.45) is 1.76. The number of hydrogen-bond donors (Lipinski definition) is 0. The zero-order valence-electron chi connectivity index (χ0n) is 10.4. The van der Waals surface area contributed by atoms with Crippen molar-refractivity contribution in [2.75, 3.05) is 0 Å². The van der Waals surface area contributed by atoms with Gasteiger partial charge in [-0.1, -0.05) is 52.9 Å². The van der Waals surface area contributed by atoms with Crippen LogP contribution in [0.5, 0.6) is 0 Å². The highest BCUT2D eigenvalue weighted by molar-refractivity contribution is 8.00. The van der Waals surface area contributed by atoms with Gasteiger partial charge in [-0.3, -0.25) is 4.98 Å². The Balaban J connectivity index is 1.69. The van der Waals surface area contributed by atoms with Gasteiger partial charge in [0.1, 0.15) is 5.69 Å². The van der Waals surface area contributed by atoms with E-state index in [2.05, 4.69) is 21.2 Å². The van der Waals surface area contributed by atoms with Gasteiger partial charge >= 0.3 is 0 Å². The average Bonchev–Trinajstić information content (AvgIpc) is 2.95. The summed E-state index contributed by atoms with van der Waals surface area (Å²) in [5.41, 5.74) is 2.04. The molecule has 0 unspecified atom stereocenters. The zero-order chi connectivity index (χ0) is 13.8. The molecule has 3 aromatic rings. The van der Waals surface area contributed by atoms with E-state index in [0.29, 0.717) is 0 Å². The molecule has 0 spiro atoms. The fourth-order valence-electron chi connectivity index (χ4n) is 1.63. The number of thioether (sulfide) groups is 1. The quantitative estimate of drug-likeness (QED) is 0.661. The lowest BCUT2D eigenvalue weighted by atomic mass is 10.2. The second kappa shape index (κ2) is 6.35. The number of pyridine rings is 1. The Morgan fingerprint density at radius 3 is 2.85 bits per heavy atom. The molecule has 0 fully saturated rings. The SMILES string of the molecule is Clc1cccc(CSc2nnc(-c3ccccn3)s2)c1. The van der Waals surface area contributed by atoms with E-state index in [-0.39, 0.29) is 0 Å². The van der Waals surface area contributed by atoms with E-state index in [0.717, 1.165) is 25.8 Å². The van der Waals surface area contributed by atoms with Crippen molar-refractivity contribution in [1.29, 1.82) is 0 Å². The number of hydrogen-bond acceptors (Lipinski definition) is 5. The topological polar surface area (TPSA) is 38.7 Å². The minimum absolute atomic E-state index is 0.759. The van der Waals surface area contributed by atoms with Crippen LogP contribution in [0, 0.1) is 0 Å². The molecule has 100 valence electrons. The van der Waals surface area contributed by atoms with Crippen LogP contribution in [0.2, 0.25) is 5.02 Å². The fourth-order valence-corrected chi connectivity index (χ4v) is 3.62. The van der Waals surface area contributed by atoms with Gasteiger partial charge in [0.2, 0.25) is 0 Å². The van der Waals surface area contributed by atoms with Crippen molar-refractivity contribution in [3.05, 3.63) is 59.2 Å². The lowest BCUT2D eigenvalue weighted by molar-refractivity contribution is 1.01. The Morgan fingerprint density at radius 1 is 1.10 bits per heavy atom. The van der Waals surface area contributed by atoms with Crippen LogP contribution in [-0.4, -0.2) is 15.2 Å². The molecule has 0 amide bonds. The molecule has 0 aliphatic heterocycles. The van der Waals surface area contributed by atoms with Crippen LogP contribution in [0.4, 0.5) is 0 Å². The Kier molecular flexibility index (Phi) is 4.30. The summed E-state index contributed by atoms with van der Waals surface area (Å²) in [5, 5.41) is 9.97. The van der Waals surface area contributed by atoms with Gasteiger partial charge < -0.3 is 0 Å². The van der Waals surface area contributed by atoms with E-state index < -0.39 is 0 Å². The Morgan fingerprint density at radius 2 is 2.05 bits per heavy atom. The molecular weight excluding hydrogens is 310 g/mol. The van der Waals surface area contributed by atoms with Crippen molar-refractivity contribution < 1.29 is 0 Å². The minimum Gasteiger partial charge on any atom is -0.254 e. The third-order valence-electron chi connectivity index (χ3n) is 2.54. The second-order valence-corrected chi connectivity index (χ2v) is 6.64. The normalized spacial score (nSPS) is 10.7. The monoisotopic (exact) mass is 319 g/mol. The molecule has 0 bridgehead atoms. The van der Waals surface area contributed by atoms with Gasteiger partial charge in [0, 0.05) is 17.0 Å². The van der Waals surface area contributed by atoms with E-state index in [1.54, 1.807) is 29.3 Å². The van der Waals surface area contributed by atoms with E-state index >= 15 is 0 Å². The van der Waals surface area contributed by atoms with Gasteiger partial charge in [-0.05, 0) is 29.8 Å². The van der Waals surface area contributed by atoms with E-state index in [9.17, 15) is 0 Å². The third-order valence-corrected chi connectivity index (χ3v) is 4.93. The van der Waals surface area contributed by atoms with Crippen LogP contribution in [0.25, 0.3) is 10.7 Å². The summed E-state index contributed by atoms with van der Waals surface area (Å²) < 4.78 is 0.936. The standard InChI is InChI=1S/C14H10ClN3S2/c15-11-5-3-4-10(8-11)9-19-14-18-17-13(20-14)12-6-1-2-7-16-12/h1-8H,9H2. The summed E-state index contributed by atoms with van der Waals surface area (Å²) in [5.74, 6) is 0.831. The van der Waals surface area contributed by atoms with Crippen LogP contribution >= 0.6 is 34.7 Å². The summed E-state index contributed by atoms with van der Waals surface area (Å²) in [6.45, 7) is 0. The van der Waals surface area contributed by atoms with E-state index in [1.165, 1.54) is 5.56 Å². The van der Waals surface area contributed by atoms with Crippen molar-refractivity contribution in [1.82, 2.24) is 15.2 Å². The smallest absolute Gasteiger partial charge is 0.175 e. The van der Waals surface area contributed by atoms with Crippen LogP contribution < -0.4 is 0 Å². The van der Waals surface area contributed by atoms with Gasteiger partial charge in [-0.15, -0.1) is 10.2 Å². The van der Waals surface area contributed by atoms with Crippen molar-refractivity contribution in [2.24, 2.45) is 0 Å². The number of rotatable bonds is 4. The Bertz CT molecular complexity index is 700. The first-order valence-corrected chi connectivity index (χ1v) is 8.11. The average molecular weight is 320 g/mol. The maximum Gasteiger partial charge on any atom is 0.175 e. The highest BCUT2D eigenvalue weighted by Gasteiger charge is 2.08. The Hall–Kier alpha value is -1.43. The van der Waals surface area contributed by atoms with Crippen LogP contribution in [0.3, 0.4) is 0 Å². The second-order valence-electron chi connectivity index (χ2n) is 4.01. The molecule has 2 aromatic heterocycles.